The summed E-state index contributed by atoms with van der Waals surface area (Å²) in [6.07, 6.45) is 1.21. The third-order valence-electron chi connectivity index (χ3n) is 5.18. The van der Waals surface area contributed by atoms with Crippen LogP contribution in [0, 0.1) is 0 Å². The molecule has 11 heteroatoms. The van der Waals surface area contributed by atoms with Crippen molar-refractivity contribution in [3.63, 3.8) is 0 Å². The number of rotatable bonds is 9. The lowest BCUT2D eigenvalue weighted by Crippen LogP contribution is -2.50. The number of halogens is 1. The summed E-state index contributed by atoms with van der Waals surface area (Å²) in [5, 5.41) is 8.98. The Hall–Kier alpha value is -4.80. The average molecular weight is 491 g/mol. The number of pyridine rings is 1. The molecule has 2 heterocycles. The SMILES string of the molecule is O=C(O)CCn1c(=O)[nH]/c(=N\c2ccc(Oc3ccccn3)cc2)n(Cc2ccc(CF)cc2)c1=O. The average Bonchev–Trinajstić information content (AvgIpc) is 2.88. The number of alkyl halides is 1. The van der Waals surface area contributed by atoms with E-state index in [0.29, 0.717) is 28.4 Å². The smallest absolute Gasteiger partial charge is 0.335 e. The van der Waals surface area contributed by atoms with E-state index in [4.69, 9.17) is 9.84 Å². The number of aromatic nitrogens is 4. The molecule has 0 aliphatic heterocycles. The molecule has 0 saturated heterocycles. The predicted octanol–water partition coefficient (Wildman–Crippen LogP) is 2.75. The van der Waals surface area contributed by atoms with Crippen LogP contribution in [0.3, 0.4) is 0 Å². The number of nitrogens with zero attached hydrogens (tertiary/aromatic N) is 4. The van der Waals surface area contributed by atoms with Crippen LogP contribution in [0.1, 0.15) is 17.5 Å². The molecule has 184 valence electrons. The molecule has 0 unspecified atom stereocenters. The number of aliphatic carboxylic acids is 1. The van der Waals surface area contributed by atoms with E-state index in [1.54, 1.807) is 72.9 Å². The van der Waals surface area contributed by atoms with E-state index in [2.05, 4.69) is 15.0 Å². The molecule has 36 heavy (non-hydrogen) atoms. The van der Waals surface area contributed by atoms with Crippen molar-refractivity contribution in [2.24, 2.45) is 4.99 Å². The van der Waals surface area contributed by atoms with Crippen molar-refractivity contribution in [1.29, 1.82) is 0 Å². The number of hydrogen-bond donors (Lipinski definition) is 2. The third-order valence-corrected chi connectivity index (χ3v) is 5.18. The second kappa shape index (κ2) is 11.1. The maximum atomic E-state index is 13.2. The van der Waals surface area contributed by atoms with Crippen LogP contribution in [-0.4, -0.2) is 30.2 Å². The van der Waals surface area contributed by atoms with Gasteiger partial charge in [-0.3, -0.25) is 14.3 Å². The first-order valence-corrected chi connectivity index (χ1v) is 11.0. The zero-order valence-electron chi connectivity index (χ0n) is 19.0. The first kappa shape index (κ1) is 24.3. The number of aromatic amines is 1. The standard InChI is InChI=1S/C25H22FN5O5/c26-15-17-4-6-18(7-5-17)16-31-23(29-24(34)30(25(31)35)14-12-22(32)33)28-19-8-10-20(11-9-19)36-21-3-1-2-13-27-21/h1-11,13H,12,14-16H2,(H,32,33)(H,28,29,34). The van der Waals surface area contributed by atoms with E-state index in [9.17, 15) is 18.8 Å². The van der Waals surface area contributed by atoms with Gasteiger partial charge in [-0.1, -0.05) is 30.3 Å². The number of ether oxygens (including phenoxy) is 1. The Labute approximate surface area is 203 Å². The largest absolute Gasteiger partial charge is 0.481 e. The fourth-order valence-corrected chi connectivity index (χ4v) is 3.34. The summed E-state index contributed by atoms with van der Waals surface area (Å²) in [6, 6.07) is 18.4. The topological polar surface area (TPSA) is 132 Å². The van der Waals surface area contributed by atoms with Crippen molar-refractivity contribution in [3.8, 4) is 11.6 Å². The maximum absolute atomic E-state index is 13.2. The fraction of sp³-hybridized carbons (Fsp3) is 0.160. The van der Waals surface area contributed by atoms with Crippen LogP contribution in [0.25, 0.3) is 0 Å². The summed E-state index contributed by atoms with van der Waals surface area (Å²) in [5.41, 5.74) is 0.0685. The second-order valence-electron chi connectivity index (χ2n) is 7.74. The lowest BCUT2D eigenvalue weighted by Gasteiger charge is -2.11. The summed E-state index contributed by atoms with van der Waals surface area (Å²) in [7, 11) is 0. The summed E-state index contributed by atoms with van der Waals surface area (Å²) < 4.78 is 20.6. The van der Waals surface area contributed by atoms with Crippen LogP contribution in [0.5, 0.6) is 11.6 Å². The molecule has 0 amide bonds. The van der Waals surface area contributed by atoms with E-state index in [-0.39, 0.29) is 18.7 Å². The van der Waals surface area contributed by atoms with E-state index < -0.39 is 30.4 Å². The van der Waals surface area contributed by atoms with E-state index >= 15 is 0 Å². The Morgan fingerprint density at radius 3 is 2.36 bits per heavy atom. The highest BCUT2D eigenvalue weighted by Crippen LogP contribution is 2.22. The number of carboxylic acid groups (broad SMARTS) is 1. The summed E-state index contributed by atoms with van der Waals surface area (Å²) >= 11 is 0. The quantitative estimate of drug-likeness (QED) is 0.370. The summed E-state index contributed by atoms with van der Waals surface area (Å²) in [4.78, 5) is 47.8. The molecular weight excluding hydrogens is 469 g/mol. The van der Waals surface area contributed by atoms with Gasteiger partial charge in [0.1, 0.15) is 12.4 Å². The van der Waals surface area contributed by atoms with Gasteiger partial charge >= 0.3 is 17.3 Å². The normalized spacial score (nSPS) is 11.4. The minimum atomic E-state index is -1.14. The number of nitrogens with one attached hydrogen (secondary N) is 1. The monoisotopic (exact) mass is 491 g/mol. The van der Waals surface area contributed by atoms with Crippen molar-refractivity contribution in [3.05, 3.63) is 111 Å². The molecule has 0 radical (unpaired) electrons. The Bertz CT molecular complexity index is 1530. The number of hydrogen-bond acceptors (Lipinski definition) is 6. The molecule has 2 aromatic heterocycles. The third kappa shape index (κ3) is 6.00. The van der Waals surface area contributed by atoms with Gasteiger partial charge in [0.25, 0.3) is 0 Å². The van der Waals surface area contributed by atoms with Crippen molar-refractivity contribution < 1.29 is 19.0 Å². The lowest BCUT2D eigenvalue weighted by molar-refractivity contribution is -0.137. The minimum absolute atomic E-state index is 0.0228. The molecule has 0 aliphatic rings. The molecule has 0 bridgehead atoms. The van der Waals surface area contributed by atoms with Crippen LogP contribution < -0.4 is 21.7 Å². The molecule has 0 atom stereocenters. The highest BCUT2D eigenvalue weighted by molar-refractivity contribution is 5.66. The van der Waals surface area contributed by atoms with Gasteiger partial charge in [0.2, 0.25) is 11.5 Å². The van der Waals surface area contributed by atoms with E-state index in [1.165, 1.54) is 4.57 Å². The molecule has 2 aromatic carbocycles. The summed E-state index contributed by atoms with van der Waals surface area (Å²) in [5.74, 6) is -0.199. The molecule has 4 rings (SSSR count). The molecular formula is C25H22FN5O5. The van der Waals surface area contributed by atoms with Crippen LogP contribution in [-0.2, 0) is 24.6 Å². The van der Waals surface area contributed by atoms with E-state index in [0.717, 1.165) is 4.57 Å². The van der Waals surface area contributed by atoms with Gasteiger partial charge < -0.3 is 9.84 Å². The highest BCUT2D eigenvalue weighted by atomic mass is 19.1. The van der Waals surface area contributed by atoms with Gasteiger partial charge in [-0.25, -0.2) is 28.5 Å². The van der Waals surface area contributed by atoms with Gasteiger partial charge in [-0.15, -0.1) is 0 Å². The zero-order chi connectivity index (χ0) is 25.5. The summed E-state index contributed by atoms with van der Waals surface area (Å²) in [6.45, 7) is -0.895. The first-order valence-electron chi connectivity index (χ1n) is 11.0. The lowest BCUT2D eigenvalue weighted by atomic mass is 10.1. The van der Waals surface area contributed by atoms with E-state index in [1.807, 2.05) is 0 Å². The number of H-pyrrole nitrogens is 1. The zero-order valence-corrected chi connectivity index (χ0v) is 19.0. The predicted molar refractivity (Wildman–Crippen MR) is 128 cm³/mol. The van der Waals surface area contributed by atoms with Crippen LogP contribution >= 0.6 is 0 Å². The van der Waals surface area contributed by atoms with Gasteiger partial charge in [0.05, 0.1) is 18.7 Å². The fourth-order valence-electron chi connectivity index (χ4n) is 3.34. The van der Waals surface area contributed by atoms with Gasteiger partial charge in [0.15, 0.2) is 0 Å². The van der Waals surface area contributed by atoms with Crippen LogP contribution in [0.15, 0.2) is 87.5 Å². The molecule has 0 spiro atoms. The Kier molecular flexibility index (Phi) is 7.49. The number of carbonyl (C=O) groups is 1. The van der Waals surface area contributed by atoms with Gasteiger partial charge in [0, 0.05) is 18.8 Å². The van der Waals surface area contributed by atoms with Crippen molar-refractivity contribution in [1.82, 2.24) is 19.1 Å². The molecule has 10 nitrogen and oxygen atoms in total. The molecule has 0 saturated carbocycles. The van der Waals surface area contributed by atoms with Crippen molar-refractivity contribution in [2.75, 3.05) is 0 Å². The van der Waals surface area contributed by atoms with Crippen molar-refractivity contribution in [2.45, 2.75) is 26.2 Å². The van der Waals surface area contributed by atoms with Gasteiger partial charge in [-0.05, 0) is 41.5 Å². The Morgan fingerprint density at radius 1 is 1.00 bits per heavy atom. The van der Waals surface area contributed by atoms with Crippen molar-refractivity contribution >= 4 is 11.7 Å². The molecule has 0 fully saturated rings. The van der Waals surface area contributed by atoms with Gasteiger partial charge in [-0.2, -0.15) is 0 Å². The number of benzene rings is 2. The Morgan fingerprint density at radius 2 is 1.72 bits per heavy atom. The maximum Gasteiger partial charge on any atom is 0.335 e. The van der Waals surface area contributed by atoms with Crippen LogP contribution in [0.2, 0.25) is 0 Å². The molecule has 0 aliphatic carbocycles. The highest BCUT2D eigenvalue weighted by Gasteiger charge is 2.11. The number of carboxylic acids is 1. The molecule has 2 N–H and O–H groups in total. The first-order chi connectivity index (χ1) is 17.4. The van der Waals surface area contributed by atoms with Crippen LogP contribution in [0.4, 0.5) is 10.1 Å². The molecule has 4 aromatic rings. The second-order valence-corrected chi connectivity index (χ2v) is 7.74. The minimum Gasteiger partial charge on any atom is -0.481 e. The Balaban J connectivity index is 1.72.